The summed E-state index contributed by atoms with van der Waals surface area (Å²) in [5, 5.41) is 25.7. The van der Waals surface area contributed by atoms with E-state index in [0.717, 1.165) is 5.56 Å². The third kappa shape index (κ3) is 9.72. The Kier molecular flexibility index (Phi) is 9.44. The van der Waals surface area contributed by atoms with Gasteiger partial charge in [0.1, 0.15) is 24.6 Å². The minimum atomic E-state index is -0.920. The third-order valence-electron chi connectivity index (χ3n) is 3.80. The monoisotopic (exact) mass is 417 g/mol. The summed E-state index contributed by atoms with van der Waals surface area (Å²) in [7, 11) is 0. The first kappa shape index (κ1) is 23.9. The van der Waals surface area contributed by atoms with Crippen LogP contribution in [-0.2, 0) is 9.63 Å². The van der Waals surface area contributed by atoms with Crippen molar-refractivity contribution in [2.24, 2.45) is 0 Å². The molecule has 10 heteroatoms. The average Bonchev–Trinajstić information content (AvgIpc) is 2.58. The van der Waals surface area contributed by atoms with Gasteiger partial charge in [-0.1, -0.05) is 17.7 Å². The van der Waals surface area contributed by atoms with E-state index in [9.17, 15) is 20.0 Å². The summed E-state index contributed by atoms with van der Waals surface area (Å²) in [5.74, 6) is 0.153. The Hall–Kier alpha value is -2.10. The number of aliphatic hydroxyl groups excluding tert-OH is 1. The number of aliphatic hydroxyl groups is 1. The van der Waals surface area contributed by atoms with E-state index in [1.54, 1.807) is 12.1 Å². The SMILES string of the molecule is Cc1ccc(Cl)c(OCC(O)CNC(C)(C)CNC(=O)CC(C)O[N+](=O)[O-])c1. The number of halogens is 1. The Bertz CT molecular complexity index is 671. The molecule has 0 aliphatic rings. The maximum atomic E-state index is 11.8. The Morgan fingerprint density at radius 2 is 2.11 bits per heavy atom. The lowest BCUT2D eigenvalue weighted by molar-refractivity contribution is -0.767. The van der Waals surface area contributed by atoms with E-state index in [2.05, 4.69) is 15.5 Å². The van der Waals surface area contributed by atoms with Crippen LogP contribution in [0.25, 0.3) is 0 Å². The van der Waals surface area contributed by atoms with Gasteiger partial charge in [0.2, 0.25) is 5.91 Å². The van der Waals surface area contributed by atoms with E-state index < -0.39 is 22.8 Å². The van der Waals surface area contributed by atoms with Gasteiger partial charge in [-0.05, 0) is 45.4 Å². The van der Waals surface area contributed by atoms with Crippen LogP contribution in [-0.4, -0.2) is 53.5 Å². The van der Waals surface area contributed by atoms with Crippen LogP contribution in [0.1, 0.15) is 32.8 Å². The maximum absolute atomic E-state index is 11.8. The third-order valence-corrected chi connectivity index (χ3v) is 4.11. The van der Waals surface area contributed by atoms with E-state index in [-0.39, 0.29) is 32.0 Å². The molecule has 1 aromatic rings. The van der Waals surface area contributed by atoms with Crippen molar-refractivity contribution < 1.29 is 24.6 Å². The van der Waals surface area contributed by atoms with Crippen LogP contribution >= 0.6 is 11.6 Å². The first-order valence-electron chi connectivity index (χ1n) is 8.88. The van der Waals surface area contributed by atoms with Gasteiger partial charge < -0.3 is 25.3 Å². The van der Waals surface area contributed by atoms with Crippen LogP contribution in [0.5, 0.6) is 5.75 Å². The first-order valence-corrected chi connectivity index (χ1v) is 9.26. The van der Waals surface area contributed by atoms with E-state index in [1.165, 1.54) is 6.92 Å². The van der Waals surface area contributed by atoms with Crippen LogP contribution in [0.2, 0.25) is 5.02 Å². The number of β-amino-alcohol motifs (C(OH)–C–C–N with tert-alkyl or cyclic N) is 1. The van der Waals surface area contributed by atoms with Crippen molar-refractivity contribution in [1.82, 2.24) is 10.6 Å². The zero-order valence-electron chi connectivity index (χ0n) is 16.5. The molecule has 3 N–H and O–H groups in total. The van der Waals surface area contributed by atoms with Crippen LogP contribution in [0, 0.1) is 17.0 Å². The number of hydrogen-bond acceptors (Lipinski definition) is 7. The van der Waals surface area contributed by atoms with Gasteiger partial charge in [-0.15, -0.1) is 10.1 Å². The second-order valence-corrected chi connectivity index (χ2v) is 7.69. The lowest BCUT2D eigenvalue weighted by atomic mass is 10.1. The molecule has 0 heterocycles. The Morgan fingerprint density at radius 1 is 1.43 bits per heavy atom. The number of aryl methyl sites for hydroxylation is 1. The molecule has 0 saturated heterocycles. The second kappa shape index (κ2) is 11.0. The molecular weight excluding hydrogens is 390 g/mol. The van der Waals surface area contributed by atoms with Crippen molar-refractivity contribution in [3.05, 3.63) is 38.9 Å². The van der Waals surface area contributed by atoms with E-state index in [0.29, 0.717) is 10.8 Å². The van der Waals surface area contributed by atoms with E-state index in [1.807, 2.05) is 26.8 Å². The summed E-state index contributed by atoms with van der Waals surface area (Å²) in [6.45, 7) is 7.66. The Morgan fingerprint density at radius 3 is 2.75 bits per heavy atom. The number of benzene rings is 1. The highest BCUT2D eigenvalue weighted by atomic mass is 35.5. The number of nitrogens with one attached hydrogen (secondary N) is 2. The van der Waals surface area contributed by atoms with Crippen LogP contribution in [0.3, 0.4) is 0 Å². The van der Waals surface area contributed by atoms with E-state index >= 15 is 0 Å². The van der Waals surface area contributed by atoms with Crippen LogP contribution in [0.15, 0.2) is 18.2 Å². The molecule has 2 atom stereocenters. The van der Waals surface area contributed by atoms with Crippen LogP contribution in [0.4, 0.5) is 0 Å². The van der Waals surface area contributed by atoms with Gasteiger partial charge in [0, 0.05) is 18.6 Å². The number of carbonyl (C=O) groups is 1. The number of ether oxygens (including phenoxy) is 1. The molecule has 0 aliphatic carbocycles. The van der Waals surface area contributed by atoms with Crippen molar-refractivity contribution in [2.75, 3.05) is 19.7 Å². The largest absolute Gasteiger partial charge is 0.489 e. The van der Waals surface area contributed by atoms with Gasteiger partial charge in [0.05, 0.1) is 11.4 Å². The predicted molar refractivity (Wildman–Crippen MR) is 105 cm³/mol. The first-order chi connectivity index (χ1) is 13.0. The van der Waals surface area contributed by atoms with E-state index in [4.69, 9.17) is 16.3 Å². The molecule has 9 nitrogen and oxygen atoms in total. The molecule has 2 unspecified atom stereocenters. The average molecular weight is 418 g/mol. The second-order valence-electron chi connectivity index (χ2n) is 7.28. The molecule has 1 aromatic carbocycles. The normalized spacial score (nSPS) is 13.5. The molecule has 0 fully saturated rings. The zero-order chi connectivity index (χ0) is 21.3. The fraction of sp³-hybridized carbons (Fsp3) is 0.611. The van der Waals surface area contributed by atoms with Crippen molar-refractivity contribution in [3.8, 4) is 5.75 Å². The zero-order valence-corrected chi connectivity index (χ0v) is 17.3. The van der Waals surface area contributed by atoms with Gasteiger partial charge in [-0.3, -0.25) is 4.79 Å². The summed E-state index contributed by atoms with van der Waals surface area (Å²) < 4.78 is 5.56. The maximum Gasteiger partial charge on any atom is 0.294 e. The molecule has 0 spiro atoms. The van der Waals surface area contributed by atoms with Crippen molar-refractivity contribution in [3.63, 3.8) is 0 Å². The van der Waals surface area contributed by atoms with Gasteiger partial charge in [-0.2, -0.15) is 0 Å². The topological polar surface area (TPSA) is 123 Å². The summed E-state index contributed by atoms with van der Waals surface area (Å²) >= 11 is 6.06. The van der Waals surface area contributed by atoms with Gasteiger partial charge >= 0.3 is 0 Å². The molecule has 1 rings (SSSR count). The molecule has 0 saturated carbocycles. The number of nitrogens with zero attached hydrogens (tertiary/aromatic N) is 1. The molecule has 0 bridgehead atoms. The molecule has 0 aromatic heterocycles. The van der Waals surface area contributed by atoms with Crippen molar-refractivity contribution >= 4 is 17.5 Å². The number of amides is 1. The predicted octanol–water partition coefficient (Wildman–Crippen LogP) is 1.86. The Balaban J connectivity index is 2.34. The standard InChI is InChI=1S/C18H28ClN3O6/c1-12-5-6-15(19)16(7-12)27-10-14(23)9-21-18(3,4)11-20-17(24)8-13(2)28-22(25)26/h5-7,13-14,21,23H,8-11H2,1-4H3,(H,20,24). The quantitative estimate of drug-likeness (QED) is 0.350. The molecule has 1 amide bonds. The summed E-state index contributed by atoms with van der Waals surface area (Å²) in [6.07, 6.45) is -1.72. The lowest BCUT2D eigenvalue weighted by Crippen LogP contribution is -2.52. The number of carbonyl (C=O) groups excluding carboxylic acids is 1. The fourth-order valence-electron chi connectivity index (χ4n) is 2.26. The number of rotatable bonds is 12. The molecule has 0 radical (unpaired) electrons. The highest BCUT2D eigenvalue weighted by molar-refractivity contribution is 6.32. The van der Waals surface area contributed by atoms with Gasteiger partial charge in [0.25, 0.3) is 5.09 Å². The highest BCUT2D eigenvalue weighted by Gasteiger charge is 2.21. The van der Waals surface area contributed by atoms with Gasteiger partial charge in [0.15, 0.2) is 0 Å². The summed E-state index contributed by atoms with van der Waals surface area (Å²) in [6, 6.07) is 5.40. The van der Waals surface area contributed by atoms with Crippen molar-refractivity contribution in [1.29, 1.82) is 0 Å². The minimum absolute atomic E-state index is 0.0638. The summed E-state index contributed by atoms with van der Waals surface area (Å²) in [5.41, 5.74) is 0.493. The summed E-state index contributed by atoms with van der Waals surface area (Å²) in [4.78, 5) is 26.4. The lowest BCUT2D eigenvalue weighted by Gasteiger charge is -2.28. The van der Waals surface area contributed by atoms with Crippen LogP contribution < -0.4 is 15.4 Å². The molecular formula is C18H28ClN3O6. The van der Waals surface area contributed by atoms with Gasteiger partial charge in [-0.25, -0.2) is 0 Å². The smallest absolute Gasteiger partial charge is 0.294 e. The number of hydrogen-bond donors (Lipinski definition) is 3. The fourth-order valence-corrected chi connectivity index (χ4v) is 2.43. The Labute approximate surface area is 169 Å². The molecule has 28 heavy (non-hydrogen) atoms. The molecule has 158 valence electrons. The van der Waals surface area contributed by atoms with Crippen molar-refractivity contribution in [2.45, 2.75) is 51.9 Å². The highest BCUT2D eigenvalue weighted by Crippen LogP contribution is 2.25. The molecule has 0 aliphatic heterocycles. The minimum Gasteiger partial charge on any atom is -0.489 e.